The minimum Gasteiger partial charge on any atom is -0.371 e. The Bertz CT molecular complexity index is 1240. The lowest BCUT2D eigenvalue weighted by Gasteiger charge is -2.35. The number of carbonyl (C=O) groups is 1. The molecule has 0 bridgehead atoms. The fourth-order valence-corrected chi connectivity index (χ4v) is 5.35. The molecule has 0 unspecified atom stereocenters. The highest BCUT2D eigenvalue weighted by atomic mass is 127. The van der Waals surface area contributed by atoms with Crippen LogP contribution in [0.4, 0.5) is 20.3 Å². The number of halogens is 3. The molecule has 1 aromatic carbocycles. The highest BCUT2D eigenvalue weighted by Crippen LogP contribution is 2.54. The van der Waals surface area contributed by atoms with E-state index in [-0.39, 0.29) is 18.9 Å². The standard InChI is InChI=1S/C24H24F2IN5O/c25-24(26)12-16(24)14-32-21-15(13-28-32)1-4-20(29-21)30-22(33)18-3-2-17(27)11-19(18)31-9-7-23(5-6-23)8-10-31/h1-4,11,13,16H,5-10,12,14H2,(H,29,30,33)/t16-/m0/s1. The van der Waals surface area contributed by atoms with Crippen LogP contribution in [0.3, 0.4) is 0 Å². The second-order valence-electron chi connectivity index (χ2n) is 9.70. The normalized spacial score (nSPS) is 22.5. The lowest BCUT2D eigenvalue weighted by molar-refractivity contribution is 0.0945. The number of alkyl halides is 2. The van der Waals surface area contributed by atoms with Gasteiger partial charge in [-0.3, -0.25) is 4.79 Å². The first-order valence-corrected chi connectivity index (χ1v) is 12.5. The van der Waals surface area contributed by atoms with E-state index in [1.54, 1.807) is 18.3 Å². The Hall–Kier alpha value is -2.30. The average molecular weight is 563 g/mol. The number of nitrogens with zero attached hydrogens (tertiary/aromatic N) is 4. The summed E-state index contributed by atoms with van der Waals surface area (Å²) in [6.45, 7) is 2.06. The van der Waals surface area contributed by atoms with Gasteiger partial charge >= 0.3 is 0 Å². The van der Waals surface area contributed by atoms with Crippen molar-refractivity contribution in [2.75, 3.05) is 23.3 Å². The summed E-state index contributed by atoms with van der Waals surface area (Å²) in [6, 6.07) is 9.41. The molecule has 1 spiro atoms. The quantitative estimate of drug-likeness (QED) is 0.427. The number of aromatic nitrogens is 3. The van der Waals surface area contributed by atoms with Crippen molar-refractivity contribution in [1.82, 2.24) is 14.8 Å². The molecule has 1 amide bonds. The van der Waals surface area contributed by atoms with Crippen LogP contribution in [0.2, 0.25) is 0 Å². The molecule has 3 aliphatic rings. The van der Waals surface area contributed by atoms with E-state index in [0.29, 0.717) is 22.4 Å². The number of hydrogen-bond donors (Lipinski definition) is 1. The lowest BCUT2D eigenvalue weighted by atomic mass is 9.93. The maximum atomic E-state index is 13.4. The van der Waals surface area contributed by atoms with Crippen LogP contribution >= 0.6 is 22.6 Å². The SMILES string of the molecule is O=C(Nc1ccc2cnn(C[C@@H]3CC3(F)F)c2n1)c1ccc(I)cc1N1CCC2(CC1)CC2. The number of benzene rings is 1. The van der Waals surface area contributed by atoms with E-state index in [1.807, 2.05) is 12.1 Å². The maximum Gasteiger partial charge on any atom is 0.258 e. The highest BCUT2D eigenvalue weighted by Gasteiger charge is 2.57. The second kappa shape index (κ2) is 7.61. The van der Waals surface area contributed by atoms with Crippen molar-refractivity contribution >= 4 is 51.0 Å². The van der Waals surface area contributed by atoms with Crippen molar-refractivity contribution in [3.63, 3.8) is 0 Å². The van der Waals surface area contributed by atoms with Gasteiger partial charge in [0.15, 0.2) is 5.65 Å². The number of carbonyl (C=O) groups excluding carboxylic acids is 1. The van der Waals surface area contributed by atoms with Crippen LogP contribution in [0, 0.1) is 14.9 Å². The first-order chi connectivity index (χ1) is 15.8. The number of piperidine rings is 1. The fraction of sp³-hybridized carbons (Fsp3) is 0.458. The lowest BCUT2D eigenvalue weighted by Crippen LogP contribution is -2.35. The Morgan fingerprint density at radius 2 is 1.91 bits per heavy atom. The van der Waals surface area contributed by atoms with Gasteiger partial charge in [0, 0.05) is 34.4 Å². The molecule has 9 heteroatoms. The summed E-state index contributed by atoms with van der Waals surface area (Å²) >= 11 is 2.28. The first kappa shape index (κ1) is 21.2. The molecule has 1 aliphatic heterocycles. The van der Waals surface area contributed by atoms with Crippen LogP contribution in [0.15, 0.2) is 36.5 Å². The smallest absolute Gasteiger partial charge is 0.258 e. The number of pyridine rings is 1. The number of hydrogen-bond acceptors (Lipinski definition) is 4. The Labute approximate surface area is 203 Å². The summed E-state index contributed by atoms with van der Waals surface area (Å²) in [5.74, 6) is -3.15. The zero-order valence-corrected chi connectivity index (χ0v) is 20.2. The minimum atomic E-state index is -2.61. The second-order valence-corrected chi connectivity index (χ2v) is 10.9. The van der Waals surface area contributed by atoms with Crippen molar-refractivity contribution < 1.29 is 13.6 Å². The topological polar surface area (TPSA) is 63.1 Å². The Kier molecular flexibility index (Phi) is 4.90. The Morgan fingerprint density at radius 1 is 1.15 bits per heavy atom. The van der Waals surface area contributed by atoms with Gasteiger partial charge in [0.05, 0.1) is 24.0 Å². The van der Waals surface area contributed by atoms with Crippen LogP contribution in [-0.4, -0.2) is 39.7 Å². The van der Waals surface area contributed by atoms with Gasteiger partial charge in [0.2, 0.25) is 0 Å². The summed E-state index contributed by atoms with van der Waals surface area (Å²) in [7, 11) is 0. The molecule has 172 valence electrons. The van der Waals surface area contributed by atoms with Gasteiger partial charge in [0.25, 0.3) is 11.8 Å². The monoisotopic (exact) mass is 563 g/mol. The summed E-state index contributed by atoms with van der Waals surface area (Å²) in [4.78, 5) is 20.1. The molecule has 0 radical (unpaired) electrons. The van der Waals surface area contributed by atoms with Crippen LogP contribution in [0.1, 0.15) is 42.5 Å². The molecule has 1 N–H and O–H groups in total. The van der Waals surface area contributed by atoms with Gasteiger partial charge in [0.1, 0.15) is 5.82 Å². The average Bonchev–Trinajstić information content (AvgIpc) is 3.63. The molecule has 6 rings (SSSR count). The zero-order valence-electron chi connectivity index (χ0n) is 18.0. The molecular formula is C24H24F2IN5O. The molecule has 2 aromatic heterocycles. The van der Waals surface area contributed by atoms with Gasteiger partial charge in [-0.1, -0.05) is 0 Å². The van der Waals surface area contributed by atoms with E-state index in [1.165, 1.54) is 30.4 Å². The van der Waals surface area contributed by atoms with E-state index >= 15 is 0 Å². The van der Waals surface area contributed by atoms with Crippen molar-refractivity contribution in [1.29, 1.82) is 0 Å². The van der Waals surface area contributed by atoms with Gasteiger partial charge in [-0.25, -0.2) is 18.4 Å². The molecule has 3 heterocycles. The molecule has 2 aliphatic carbocycles. The Balaban J connectivity index is 1.23. The molecule has 33 heavy (non-hydrogen) atoms. The third kappa shape index (κ3) is 4.08. The minimum absolute atomic E-state index is 0.113. The van der Waals surface area contributed by atoms with E-state index in [9.17, 15) is 13.6 Å². The first-order valence-electron chi connectivity index (χ1n) is 11.4. The third-order valence-electron chi connectivity index (χ3n) is 7.40. The third-order valence-corrected chi connectivity index (χ3v) is 8.07. The van der Waals surface area contributed by atoms with Gasteiger partial charge in [-0.2, -0.15) is 5.10 Å². The Morgan fingerprint density at radius 3 is 2.61 bits per heavy atom. The largest absolute Gasteiger partial charge is 0.371 e. The highest BCUT2D eigenvalue weighted by molar-refractivity contribution is 14.1. The van der Waals surface area contributed by atoms with Crippen LogP contribution in [-0.2, 0) is 6.54 Å². The fourth-order valence-electron chi connectivity index (χ4n) is 4.87. The van der Waals surface area contributed by atoms with Crippen molar-refractivity contribution in [3.05, 3.63) is 45.7 Å². The number of fused-ring (bicyclic) bond motifs is 1. The van der Waals surface area contributed by atoms with Crippen LogP contribution in [0.5, 0.6) is 0 Å². The summed E-state index contributed by atoms with van der Waals surface area (Å²) in [5.41, 5.74) is 2.64. The molecule has 3 aromatic rings. The van der Waals surface area contributed by atoms with Crippen molar-refractivity contribution in [3.8, 4) is 0 Å². The van der Waals surface area contributed by atoms with Crippen molar-refractivity contribution in [2.24, 2.45) is 11.3 Å². The number of amides is 1. The van der Waals surface area contributed by atoms with E-state index in [2.05, 4.69) is 49.0 Å². The molecule has 1 saturated heterocycles. The molecule has 6 nitrogen and oxygen atoms in total. The maximum absolute atomic E-state index is 13.4. The van der Waals surface area contributed by atoms with Crippen molar-refractivity contribution in [2.45, 2.75) is 44.6 Å². The van der Waals surface area contributed by atoms with E-state index in [4.69, 9.17) is 0 Å². The molecule has 2 saturated carbocycles. The van der Waals surface area contributed by atoms with Crippen LogP contribution < -0.4 is 10.2 Å². The van der Waals surface area contributed by atoms with Crippen LogP contribution in [0.25, 0.3) is 11.0 Å². The predicted molar refractivity (Wildman–Crippen MR) is 131 cm³/mol. The molecule has 1 atom stereocenters. The van der Waals surface area contributed by atoms with E-state index in [0.717, 1.165) is 27.7 Å². The predicted octanol–water partition coefficient (Wildman–Crippen LogP) is 5.32. The summed E-state index contributed by atoms with van der Waals surface area (Å²) in [6.07, 6.45) is 6.55. The number of rotatable bonds is 5. The van der Waals surface area contributed by atoms with E-state index < -0.39 is 11.8 Å². The van der Waals surface area contributed by atoms with Gasteiger partial charge < -0.3 is 10.2 Å². The zero-order chi connectivity index (χ0) is 22.8. The number of nitrogens with one attached hydrogen (secondary N) is 1. The molecular weight excluding hydrogens is 539 g/mol. The molecule has 3 fully saturated rings. The van der Waals surface area contributed by atoms with Gasteiger partial charge in [-0.05, 0) is 84.0 Å². The summed E-state index contributed by atoms with van der Waals surface area (Å²) < 4.78 is 29.3. The summed E-state index contributed by atoms with van der Waals surface area (Å²) in [5, 5.41) is 7.89. The number of anilines is 2. The van der Waals surface area contributed by atoms with Gasteiger partial charge in [-0.15, -0.1) is 0 Å².